The lowest BCUT2D eigenvalue weighted by Crippen LogP contribution is -1.95. The lowest BCUT2D eigenvalue weighted by Gasteiger charge is -2.11. The second kappa shape index (κ2) is 9.17. The molecule has 35 heavy (non-hydrogen) atoms. The van der Waals surface area contributed by atoms with E-state index in [0.717, 1.165) is 60.8 Å². The van der Waals surface area contributed by atoms with Gasteiger partial charge in [-0.1, -0.05) is 127 Å². The molecule has 2 nitrogen and oxygen atoms in total. The monoisotopic (exact) mass is 468 g/mol. The van der Waals surface area contributed by atoms with Crippen LogP contribution in [0, 0.1) is 0 Å². The summed E-state index contributed by atoms with van der Waals surface area (Å²) in [5, 5.41) is 2.97. The second-order valence-electron chi connectivity index (χ2n) is 8.41. The molecule has 0 aliphatic rings. The zero-order valence-corrected chi connectivity index (χ0v) is 19.7. The highest BCUT2D eigenvalue weighted by molar-refractivity contribution is 6.36. The van der Waals surface area contributed by atoms with Crippen LogP contribution in [0.3, 0.4) is 0 Å². The summed E-state index contributed by atoms with van der Waals surface area (Å²) in [7, 11) is 0. The molecule has 166 valence electrons. The second-order valence-corrected chi connectivity index (χ2v) is 8.82. The summed E-state index contributed by atoms with van der Waals surface area (Å²) in [4.78, 5) is 9.82. The number of nitrogens with zero attached hydrogens (tertiary/aromatic N) is 2. The van der Waals surface area contributed by atoms with Gasteiger partial charge in [0.15, 0.2) is 5.82 Å². The van der Waals surface area contributed by atoms with E-state index in [1.165, 1.54) is 0 Å². The largest absolute Gasteiger partial charge is 0.228 e. The predicted octanol–water partition coefficient (Wildman–Crippen LogP) is 8.95. The van der Waals surface area contributed by atoms with Crippen LogP contribution in [0.25, 0.3) is 55.8 Å². The number of fused-ring (bicyclic) bond motifs is 1. The molecule has 0 amide bonds. The van der Waals surface area contributed by atoms with Gasteiger partial charge < -0.3 is 0 Å². The first-order chi connectivity index (χ1) is 17.3. The summed E-state index contributed by atoms with van der Waals surface area (Å²) in [6, 6.07) is 43.3. The Balaban J connectivity index is 1.45. The third-order valence-corrected chi connectivity index (χ3v) is 6.52. The van der Waals surface area contributed by atoms with Crippen molar-refractivity contribution in [2.45, 2.75) is 0 Å². The molecule has 5 aromatic carbocycles. The smallest absolute Gasteiger partial charge is 0.160 e. The average Bonchev–Trinajstić information content (AvgIpc) is 2.94. The molecule has 0 N–H and O–H groups in total. The SMILES string of the molecule is Clc1ccc(-c2ccc(-c3cc(-c4ccccc4)nc(-c4ccccc4)n3)cc2)c2ccccc12. The van der Waals surface area contributed by atoms with Crippen molar-refractivity contribution >= 4 is 22.4 Å². The van der Waals surface area contributed by atoms with Gasteiger partial charge in [0, 0.05) is 27.1 Å². The number of halogens is 1. The fraction of sp³-hybridized carbons (Fsp3) is 0. The predicted molar refractivity (Wildman–Crippen MR) is 146 cm³/mol. The van der Waals surface area contributed by atoms with Crippen molar-refractivity contribution in [1.82, 2.24) is 9.97 Å². The van der Waals surface area contributed by atoms with Crippen LogP contribution in [0.2, 0.25) is 5.02 Å². The summed E-state index contributed by atoms with van der Waals surface area (Å²) >= 11 is 6.44. The van der Waals surface area contributed by atoms with Crippen LogP contribution in [0.5, 0.6) is 0 Å². The van der Waals surface area contributed by atoms with Gasteiger partial charge in [0.2, 0.25) is 0 Å². The van der Waals surface area contributed by atoms with Gasteiger partial charge in [-0.2, -0.15) is 0 Å². The molecule has 0 atom stereocenters. The topological polar surface area (TPSA) is 25.8 Å². The molecule has 0 spiro atoms. The normalized spacial score (nSPS) is 11.0. The number of aromatic nitrogens is 2. The van der Waals surface area contributed by atoms with Crippen molar-refractivity contribution in [3.05, 3.63) is 132 Å². The van der Waals surface area contributed by atoms with Crippen LogP contribution in [0.4, 0.5) is 0 Å². The molecule has 6 rings (SSSR count). The van der Waals surface area contributed by atoms with Crippen LogP contribution in [0.15, 0.2) is 127 Å². The molecule has 0 saturated carbocycles. The zero-order valence-electron chi connectivity index (χ0n) is 18.9. The van der Waals surface area contributed by atoms with Gasteiger partial charge >= 0.3 is 0 Å². The minimum Gasteiger partial charge on any atom is -0.228 e. The van der Waals surface area contributed by atoms with Crippen molar-refractivity contribution in [2.24, 2.45) is 0 Å². The van der Waals surface area contributed by atoms with Crippen LogP contribution in [0.1, 0.15) is 0 Å². The Hall–Kier alpha value is -4.27. The molecule has 1 heterocycles. The maximum absolute atomic E-state index is 6.44. The van der Waals surface area contributed by atoms with Gasteiger partial charge in [0.05, 0.1) is 11.4 Å². The molecule has 3 heteroatoms. The molecular formula is C32H21ClN2. The van der Waals surface area contributed by atoms with Crippen LogP contribution in [-0.4, -0.2) is 9.97 Å². The van der Waals surface area contributed by atoms with E-state index in [-0.39, 0.29) is 0 Å². The summed E-state index contributed by atoms with van der Waals surface area (Å²) in [5.41, 5.74) is 7.21. The summed E-state index contributed by atoms with van der Waals surface area (Å²) < 4.78 is 0. The Morgan fingerprint density at radius 3 is 1.60 bits per heavy atom. The molecule has 0 unspecified atom stereocenters. The van der Waals surface area contributed by atoms with E-state index in [2.05, 4.69) is 60.7 Å². The van der Waals surface area contributed by atoms with E-state index in [9.17, 15) is 0 Å². The van der Waals surface area contributed by atoms with Crippen molar-refractivity contribution in [2.75, 3.05) is 0 Å². The summed E-state index contributed by atoms with van der Waals surface area (Å²) in [6.45, 7) is 0. The van der Waals surface area contributed by atoms with Crippen molar-refractivity contribution in [3.63, 3.8) is 0 Å². The van der Waals surface area contributed by atoms with E-state index < -0.39 is 0 Å². The first-order valence-corrected chi connectivity index (χ1v) is 11.9. The van der Waals surface area contributed by atoms with Gasteiger partial charge in [-0.15, -0.1) is 0 Å². The van der Waals surface area contributed by atoms with Gasteiger partial charge in [0.25, 0.3) is 0 Å². The molecule has 0 aliphatic heterocycles. The fourth-order valence-electron chi connectivity index (χ4n) is 4.40. The molecule has 0 bridgehead atoms. The van der Waals surface area contributed by atoms with Gasteiger partial charge in [-0.25, -0.2) is 9.97 Å². The Bertz CT molecular complexity index is 1570. The average molecular weight is 469 g/mol. The molecular weight excluding hydrogens is 448 g/mol. The highest BCUT2D eigenvalue weighted by Crippen LogP contribution is 2.34. The Morgan fingerprint density at radius 1 is 0.429 bits per heavy atom. The third kappa shape index (κ3) is 4.21. The third-order valence-electron chi connectivity index (χ3n) is 6.19. The number of benzene rings is 5. The van der Waals surface area contributed by atoms with E-state index in [1.807, 2.05) is 66.7 Å². The number of rotatable bonds is 4. The number of hydrogen-bond acceptors (Lipinski definition) is 2. The summed E-state index contributed by atoms with van der Waals surface area (Å²) in [6.07, 6.45) is 0. The van der Waals surface area contributed by atoms with Crippen molar-refractivity contribution in [1.29, 1.82) is 0 Å². The van der Waals surface area contributed by atoms with E-state index >= 15 is 0 Å². The molecule has 0 radical (unpaired) electrons. The highest BCUT2D eigenvalue weighted by atomic mass is 35.5. The molecule has 0 aliphatic carbocycles. The maximum Gasteiger partial charge on any atom is 0.160 e. The van der Waals surface area contributed by atoms with Gasteiger partial charge in [0.1, 0.15) is 0 Å². The Labute approximate surface area is 209 Å². The first-order valence-electron chi connectivity index (χ1n) is 11.5. The summed E-state index contributed by atoms with van der Waals surface area (Å²) in [5.74, 6) is 0.717. The zero-order chi connectivity index (χ0) is 23.6. The van der Waals surface area contributed by atoms with Crippen molar-refractivity contribution in [3.8, 4) is 45.0 Å². The Morgan fingerprint density at radius 2 is 0.943 bits per heavy atom. The van der Waals surface area contributed by atoms with Crippen LogP contribution < -0.4 is 0 Å². The standard InChI is InChI=1S/C32H21ClN2/c33-29-20-19-26(27-13-7-8-14-28(27)29)22-15-17-24(18-16-22)31-21-30(23-9-3-1-4-10-23)34-32(35-31)25-11-5-2-6-12-25/h1-21H. The Kier molecular flexibility index (Phi) is 5.57. The quantitative estimate of drug-likeness (QED) is 0.258. The molecule has 0 fully saturated rings. The van der Waals surface area contributed by atoms with Gasteiger partial charge in [-0.05, 0) is 28.6 Å². The maximum atomic E-state index is 6.44. The number of hydrogen-bond donors (Lipinski definition) is 0. The van der Waals surface area contributed by atoms with Gasteiger partial charge in [-0.3, -0.25) is 0 Å². The lowest BCUT2D eigenvalue weighted by molar-refractivity contribution is 1.18. The lowest BCUT2D eigenvalue weighted by atomic mass is 9.97. The minimum absolute atomic E-state index is 0.717. The molecule has 6 aromatic rings. The van der Waals surface area contributed by atoms with Crippen molar-refractivity contribution < 1.29 is 0 Å². The van der Waals surface area contributed by atoms with E-state index in [1.54, 1.807) is 0 Å². The van der Waals surface area contributed by atoms with Crippen LogP contribution >= 0.6 is 11.6 Å². The van der Waals surface area contributed by atoms with Crippen LogP contribution in [-0.2, 0) is 0 Å². The van der Waals surface area contributed by atoms with E-state index in [0.29, 0.717) is 0 Å². The highest BCUT2D eigenvalue weighted by Gasteiger charge is 2.11. The molecule has 1 aromatic heterocycles. The minimum atomic E-state index is 0.717. The fourth-order valence-corrected chi connectivity index (χ4v) is 4.63. The first kappa shape index (κ1) is 21.3. The van der Waals surface area contributed by atoms with E-state index in [4.69, 9.17) is 21.6 Å². The molecule has 0 saturated heterocycles.